The first kappa shape index (κ1) is 17.3. The van der Waals surface area contributed by atoms with E-state index in [-0.39, 0.29) is 5.75 Å². The fourth-order valence-electron chi connectivity index (χ4n) is 2.05. The van der Waals surface area contributed by atoms with Crippen LogP contribution in [0.25, 0.3) is 11.1 Å². The van der Waals surface area contributed by atoms with Crippen LogP contribution < -0.4 is 10.1 Å². The molecule has 0 unspecified atom stereocenters. The molecule has 0 aliphatic heterocycles. The number of hydrogen-bond acceptors (Lipinski definition) is 6. The normalized spacial score (nSPS) is 10.6. The monoisotopic (exact) mass is 376 g/mol. The number of carbonyl (C=O) groups excluding carboxylic acids is 2. The summed E-state index contributed by atoms with van der Waals surface area (Å²) in [6.45, 7) is 0. The minimum Gasteiger partial charge on any atom is -0.497 e. The van der Waals surface area contributed by atoms with Gasteiger partial charge in [-0.1, -0.05) is 23.4 Å². The van der Waals surface area contributed by atoms with E-state index in [1.165, 1.54) is 7.11 Å². The Hall–Kier alpha value is -2.51. The number of halogens is 1. The number of hydrogen-bond donors (Lipinski definition) is 1. The molecule has 0 aliphatic carbocycles. The Bertz CT molecular complexity index is 924. The molecule has 0 aliphatic rings. The standard InChI is InChI=1S/C17H13ClN2O4S/c1-23-12-5-2-10(3-6-12)16(22)20-15(21)9-25-17-19-13-8-11(18)4-7-14(13)24-17/h2-8H,9H2,1H3,(H,20,21,22). The number of methoxy groups -OCH3 is 1. The van der Waals surface area contributed by atoms with Crippen molar-refractivity contribution in [3.05, 3.63) is 53.1 Å². The third kappa shape index (κ3) is 4.32. The van der Waals surface area contributed by atoms with Gasteiger partial charge < -0.3 is 9.15 Å². The minimum atomic E-state index is -0.474. The lowest BCUT2D eigenvalue weighted by Crippen LogP contribution is -2.31. The van der Waals surface area contributed by atoms with Crippen LogP contribution in [0.1, 0.15) is 10.4 Å². The molecule has 0 atom stereocenters. The summed E-state index contributed by atoms with van der Waals surface area (Å²) in [7, 11) is 1.54. The summed E-state index contributed by atoms with van der Waals surface area (Å²) < 4.78 is 10.5. The second-order valence-corrected chi connectivity index (χ2v) is 6.35. The molecule has 3 rings (SSSR count). The van der Waals surface area contributed by atoms with E-state index in [2.05, 4.69) is 10.3 Å². The van der Waals surface area contributed by atoms with E-state index in [0.717, 1.165) is 11.8 Å². The topological polar surface area (TPSA) is 81.4 Å². The van der Waals surface area contributed by atoms with Crippen molar-refractivity contribution >= 4 is 46.3 Å². The van der Waals surface area contributed by atoms with E-state index in [1.54, 1.807) is 42.5 Å². The lowest BCUT2D eigenvalue weighted by Gasteiger charge is -2.04. The van der Waals surface area contributed by atoms with Crippen molar-refractivity contribution < 1.29 is 18.7 Å². The molecule has 25 heavy (non-hydrogen) atoms. The molecule has 0 saturated carbocycles. The van der Waals surface area contributed by atoms with Gasteiger partial charge in [0.2, 0.25) is 5.91 Å². The summed E-state index contributed by atoms with van der Waals surface area (Å²) in [5.74, 6) is -0.277. The largest absolute Gasteiger partial charge is 0.497 e. The van der Waals surface area contributed by atoms with Crippen LogP contribution in [-0.2, 0) is 4.79 Å². The molecule has 2 amide bonds. The van der Waals surface area contributed by atoms with Gasteiger partial charge in [0.25, 0.3) is 11.1 Å². The fourth-order valence-corrected chi connectivity index (χ4v) is 2.85. The maximum Gasteiger partial charge on any atom is 0.257 e. The van der Waals surface area contributed by atoms with Gasteiger partial charge in [0, 0.05) is 10.6 Å². The van der Waals surface area contributed by atoms with Gasteiger partial charge in [0.05, 0.1) is 12.9 Å². The van der Waals surface area contributed by atoms with Gasteiger partial charge in [-0.25, -0.2) is 4.98 Å². The molecule has 3 aromatic rings. The molecule has 0 bridgehead atoms. The number of nitrogens with zero attached hydrogens (tertiary/aromatic N) is 1. The number of oxazole rings is 1. The van der Waals surface area contributed by atoms with Gasteiger partial charge in [-0.2, -0.15) is 0 Å². The van der Waals surface area contributed by atoms with Crippen LogP contribution >= 0.6 is 23.4 Å². The van der Waals surface area contributed by atoms with Crippen molar-refractivity contribution in [2.75, 3.05) is 12.9 Å². The van der Waals surface area contributed by atoms with Crippen molar-refractivity contribution in [3.63, 3.8) is 0 Å². The summed E-state index contributed by atoms with van der Waals surface area (Å²) in [6.07, 6.45) is 0. The fraction of sp³-hybridized carbons (Fsp3) is 0.118. The predicted octanol–water partition coefficient (Wildman–Crippen LogP) is 3.54. The number of thioether (sulfide) groups is 1. The zero-order valence-corrected chi connectivity index (χ0v) is 14.7. The molecule has 0 radical (unpaired) electrons. The van der Waals surface area contributed by atoms with Crippen LogP contribution in [-0.4, -0.2) is 29.7 Å². The van der Waals surface area contributed by atoms with Crippen LogP contribution in [0.15, 0.2) is 52.1 Å². The number of aromatic nitrogens is 1. The van der Waals surface area contributed by atoms with Crippen LogP contribution in [0, 0.1) is 0 Å². The van der Waals surface area contributed by atoms with Gasteiger partial charge in [0.15, 0.2) is 5.58 Å². The second kappa shape index (κ2) is 7.58. The third-order valence-electron chi connectivity index (χ3n) is 3.26. The maximum atomic E-state index is 12.0. The number of carbonyl (C=O) groups is 2. The molecular formula is C17H13ClN2O4S. The Labute approximate surface area is 152 Å². The number of ether oxygens (including phenoxy) is 1. The molecular weight excluding hydrogens is 364 g/mol. The van der Waals surface area contributed by atoms with Crippen LogP contribution in [0.4, 0.5) is 0 Å². The Morgan fingerprint density at radius 3 is 2.72 bits per heavy atom. The van der Waals surface area contributed by atoms with Gasteiger partial charge in [-0.05, 0) is 42.5 Å². The molecule has 1 N–H and O–H groups in total. The molecule has 8 heteroatoms. The van der Waals surface area contributed by atoms with Crippen molar-refractivity contribution in [1.29, 1.82) is 0 Å². The number of benzene rings is 2. The summed E-state index contributed by atoms with van der Waals surface area (Å²) >= 11 is 6.99. The lowest BCUT2D eigenvalue weighted by atomic mass is 10.2. The molecule has 2 aromatic carbocycles. The zero-order valence-electron chi connectivity index (χ0n) is 13.1. The lowest BCUT2D eigenvalue weighted by molar-refractivity contribution is -0.117. The average molecular weight is 377 g/mol. The van der Waals surface area contributed by atoms with E-state index in [9.17, 15) is 9.59 Å². The molecule has 0 fully saturated rings. The highest BCUT2D eigenvalue weighted by Gasteiger charge is 2.13. The minimum absolute atomic E-state index is 0.00243. The molecule has 0 spiro atoms. The number of nitrogens with one attached hydrogen (secondary N) is 1. The van der Waals surface area contributed by atoms with Crippen molar-refractivity contribution in [2.24, 2.45) is 0 Å². The van der Waals surface area contributed by atoms with E-state index in [0.29, 0.717) is 32.7 Å². The molecule has 128 valence electrons. The van der Waals surface area contributed by atoms with E-state index >= 15 is 0 Å². The first-order chi connectivity index (χ1) is 12.0. The Kier molecular flexibility index (Phi) is 5.25. The predicted molar refractivity (Wildman–Crippen MR) is 95.2 cm³/mol. The van der Waals surface area contributed by atoms with Crippen LogP contribution in [0.2, 0.25) is 5.02 Å². The summed E-state index contributed by atoms with van der Waals surface area (Å²) in [5, 5.41) is 3.21. The average Bonchev–Trinajstić information content (AvgIpc) is 3.02. The first-order valence-corrected chi connectivity index (χ1v) is 8.58. The Balaban J connectivity index is 1.56. The summed E-state index contributed by atoms with van der Waals surface area (Å²) in [4.78, 5) is 28.2. The summed E-state index contributed by atoms with van der Waals surface area (Å²) in [6, 6.07) is 11.6. The highest BCUT2D eigenvalue weighted by Crippen LogP contribution is 2.25. The van der Waals surface area contributed by atoms with Crippen molar-refractivity contribution in [1.82, 2.24) is 10.3 Å². The Morgan fingerprint density at radius 1 is 1.24 bits per heavy atom. The summed E-state index contributed by atoms with van der Waals surface area (Å²) in [5.41, 5.74) is 1.57. The third-order valence-corrected chi connectivity index (χ3v) is 4.33. The smallest absolute Gasteiger partial charge is 0.257 e. The number of amides is 2. The molecule has 6 nitrogen and oxygen atoms in total. The highest BCUT2D eigenvalue weighted by molar-refractivity contribution is 7.99. The molecule has 0 saturated heterocycles. The molecule has 1 heterocycles. The van der Waals surface area contributed by atoms with Crippen molar-refractivity contribution in [3.8, 4) is 5.75 Å². The van der Waals surface area contributed by atoms with E-state index in [1.807, 2.05) is 0 Å². The van der Waals surface area contributed by atoms with Crippen LogP contribution in [0.5, 0.6) is 5.75 Å². The van der Waals surface area contributed by atoms with Gasteiger partial charge in [-0.3, -0.25) is 14.9 Å². The van der Waals surface area contributed by atoms with Gasteiger partial charge in [0.1, 0.15) is 11.3 Å². The van der Waals surface area contributed by atoms with E-state index < -0.39 is 11.8 Å². The van der Waals surface area contributed by atoms with Gasteiger partial charge in [-0.15, -0.1) is 0 Å². The number of rotatable bonds is 5. The Morgan fingerprint density at radius 2 is 2.00 bits per heavy atom. The van der Waals surface area contributed by atoms with E-state index in [4.69, 9.17) is 20.8 Å². The number of fused-ring (bicyclic) bond motifs is 1. The van der Waals surface area contributed by atoms with Crippen LogP contribution in [0.3, 0.4) is 0 Å². The quantitative estimate of drug-likeness (QED) is 0.686. The first-order valence-electron chi connectivity index (χ1n) is 7.22. The SMILES string of the molecule is COc1ccc(C(=O)NC(=O)CSc2nc3cc(Cl)ccc3o2)cc1. The maximum absolute atomic E-state index is 12.0. The molecule has 1 aromatic heterocycles. The highest BCUT2D eigenvalue weighted by atomic mass is 35.5. The second-order valence-electron chi connectivity index (χ2n) is 4.99. The number of imide groups is 1. The van der Waals surface area contributed by atoms with Gasteiger partial charge >= 0.3 is 0 Å². The zero-order chi connectivity index (χ0) is 17.8. The van der Waals surface area contributed by atoms with Crippen molar-refractivity contribution in [2.45, 2.75) is 5.22 Å².